The molecule has 1 aliphatic carbocycles. The number of hydrogen-bond donors (Lipinski definition) is 2. The molecule has 3 N–H and O–H groups in total. The monoisotopic (exact) mass is 393 g/mol. The van der Waals surface area contributed by atoms with Crippen LogP contribution in [0.1, 0.15) is 45.4 Å². The highest BCUT2D eigenvalue weighted by atomic mass is 32.2. The van der Waals surface area contributed by atoms with Crippen molar-refractivity contribution in [1.82, 2.24) is 9.62 Å². The molecule has 150 valence electrons. The van der Waals surface area contributed by atoms with E-state index in [1.54, 1.807) is 28.6 Å². The second kappa shape index (κ2) is 8.29. The Hall–Kier alpha value is -1.44. The van der Waals surface area contributed by atoms with Crippen LogP contribution in [0.25, 0.3) is 0 Å². The van der Waals surface area contributed by atoms with Crippen molar-refractivity contribution < 1.29 is 13.2 Å². The van der Waals surface area contributed by atoms with E-state index < -0.39 is 15.6 Å². The van der Waals surface area contributed by atoms with E-state index in [-0.39, 0.29) is 11.8 Å². The Morgan fingerprint density at radius 2 is 1.85 bits per heavy atom. The number of carbonyl (C=O) groups excluding carboxylic acids is 1. The van der Waals surface area contributed by atoms with E-state index in [2.05, 4.69) is 5.32 Å². The first-order valence-electron chi connectivity index (χ1n) is 9.92. The van der Waals surface area contributed by atoms with E-state index >= 15 is 0 Å². The van der Waals surface area contributed by atoms with E-state index in [0.29, 0.717) is 30.4 Å². The highest BCUT2D eigenvalue weighted by molar-refractivity contribution is 7.89. The van der Waals surface area contributed by atoms with Gasteiger partial charge in [0.25, 0.3) is 0 Å². The molecule has 1 heterocycles. The molecular formula is C20H31N3O3S. The summed E-state index contributed by atoms with van der Waals surface area (Å²) in [5, 5.41) is 3.08. The van der Waals surface area contributed by atoms with Crippen LogP contribution < -0.4 is 11.1 Å². The van der Waals surface area contributed by atoms with Gasteiger partial charge in [0, 0.05) is 25.2 Å². The molecule has 0 radical (unpaired) electrons. The van der Waals surface area contributed by atoms with Gasteiger partial charge in [-0.05, 0) is 50.7 Å². The molecule has 2 atom stereocenters. The summed E-state index contributed by atoms with van der Waals surface area (Å²) in [4.78, 5) is 12.9. The number of nitrogens with one attached hydrogen (secondary N) is 1. The number of piperidine rings is 1. The highest BCUT2D eigenvalue weighted by Crippen LogP contribution is 2.32. The van der Waals surface area contributed by atoms with E-state index in [9.17, 15) is 13.2 Å². The maximum absolute atomic E-state index is 12.7. The summed E-state index contributed by atoms with van der Waals surface area (Å²) in [6.45, 7) is 3.57. The molecule has 1 amide bonds. The van der Waals surface area contributed by atoms with Gasteiger partial charge in [-0.2, -0.15) is 4.31 Å². The molecule has 3 rings (SSSR count). The minimum absolute atomic E-state index is 0.0547. The third-order valence-electron chi connectivity index (χ3n) is 6.09. The first kappa shape index (κ1) is 20.3. The van der Waals surface area contributed by atoms with Crippen molar-refractivity contribution in [2.75, 3.05) is 19.6 Å². The van der Waals surface area contributed by atoms with Crippen LogP contribution in [0, 0.1) is 11.8 Å². The van der Waals surface area contributed by atoms with Crippen molar-refractivity contribution in [2.45, 2.75) is 55.9 Å². The first-order chi connectivity index (χ1) is 12.8. The zero-order chi connectivity index (χ0) is 19.5. The molecule has 7 heteroatoms. The van der Waals surface area contributed by atoms with Crippen LogP contribution in [0.2, 0.25) is 0 Å². The summed E-state index contributed by atoms with van der Waals surface area (Å²) in [5.74, 6) is 0.243. The molecule has 27 heavy (non-hydrogen) atoms. The second-order valence-corrected chi connectivity index (χ2v) is 10.1. The van der Waals surface area contributed by atoms with Crippen LogP contribution in [0.4, 0.5) is 0 Å². The van der Waals surface area contributed by atoms with E-state index in [1.165, 1.54) is 0 Å². The molecular weight excluding hydrogens is 362 g/mol. The fourth-order valence-electron chi connectivity index (χ4n) is 4.25. The lowest BCUT2D eigenvalue weighted by molar-refractivity contribution is -0.128. The molecule has 2 fully saturated rings. The lowest BCUT2D eigenvalue weighted by Gasteiger charge is -2.38. The smallest absolute Gasteiger partial charge is 0.243 e. The predicted molar refractivity (Wildman–Crippen MR) is 105 cm³/mol. The van der Waals surface area contributed by atoms with Crippen molar-refractivity contribution in [3.63, 3.8) is 0 Å². The second-order valence-electron chi connectivity index (χ2n) is 8.21. The van der Waals surface area contributed by atoms with Crippen molar-refractivity contribution >= 4 is 15.9 Å². The van der Waals surface area contributed by atoms with Crippen molar-refractivity contribution in [1.29, 1.82) is 0 Å². The predicted octanol–water partition coefficient (Wildman–Crippen LogP) is 2.11. The zero-order valence-electron chi connectivity index (χ0n) is 16.1. The third-order valence-corrected chi connectivity index (χ3v) is 8.00. The minimum Gasteiger partial charge on any atom is -0.356 e. The average molecular weight is 394 g/mol. The number of hydrogen-bond acceptors (Lipinski definition) is 4. The summed E-state index contributed by atoms with van der Waals surface area (Å²) in [6.07, 6.45) is 5.41. The maximum atomic E-state index is 12.7. The molecule has 1 aliphatic heterocycles. The molecule has 2 unspecified atom stereocenters. The Kier molecular flexibility index (Phi) is 6.23. The number of carbonyl (C=O) groups is 1. The third kappa shape index (κ3) is 4.70. The Balaban J connectivity index is 1.49. The van der Waals surface area contributed by atoms with Gasteiger partial charge in [0.2, 0.25) is 15.9 Å². The summed E-state index contributed by atoms with van der Waals surface area (Å²) < 4.78 is 26.9. The summed E-state index contributed by atoms with van der Waals surface area (Å²) >= 11 is 0. The number of amides is 1. The Morgan fingerprint density at radius 1 is 1.19 bits per heavy atom. The van der Waals surface area contributed by atoms with E-state index in [4.69, 9.17) is 5.73 Å². The van der Waals surface area contributed by atoms with Crippen LogP contribution >= 0.6 is 0 Å². The lowest BCUT2D eigenvalue weighted by atomic mass is 9.74. The van der Waals surface area contributed by atoms with Crippen molar-refractivity contribution in [3.8, 4) is 0 Å². The zero-order valence-corrected chi connectivity index (χ0v) is 16.9. The van der Waals surface area contributed by atoms with Crippen LogP contribution in [-0.2, 0) is 14.8 Å². The maximum Gasteiger partial charge on any atom is 0.243 e. The van der Waals surface area contributed by atoms with E-state index in [0.717, 1.165) is 38.5 Å². The Bertz CT molecular complexity index is 741. The van der Waals surface area contributed by atoms with Gasteiger partial charge in [-0.25, -0.2) is 8.42 Å². The van der Waals surface area contributed by atoms with Crippen molar-refractivity contribution in [3.05, 3.63) is 30.3 Å². The summed E-state index contributed by atoms with van der Waals surface area (Å²) in [7, 11) is -3.42. The molecule has 6 nitrogen and oxygen atoms in total. The minimum atomic E-state index is -3.42. The fourth-order valence-corrected chi connectivity index (χ4v) is 5.74. The summed E-state index contributed by atoms with van der Waals surface area (Å²) in [6, 6.07) is 8.56. The van der Waals surface area contributed by atoms with Gasteiger partial charge in [0.15, 0.2) is 0 Å². The van der Waals surface area contributed by atoms with Crippen LogP contribution in [0.3, 0.4) is 0 Å². The van der Waals surface area contributed by atoms with Crippen LogP contribution in [0.15, 0.2) is 35.2 Å². The number of nitrogens with two attached hydrogens (primary N) is 1. The average Bonchev–Trinajstić information content (AvgIpc) is 2.67. The van der Waals surface area contributed by atoms with Gasteiger partial charge < -0.3 is 11.1 Å². The topological polar surface area (TPSA) is 92.5 Å². The summed E-state index contributed by atoms with van der Waals surface area (Å²) in [5.41, 5.74) is 5.90. The lowest BCUT2D eigenvalue weighted by Crippen LogP contribution is -2.53. The normalized spacial score (nSPS) is 28.0. The van der Waals surface area contributed by atoms with E-state index in [1.807, 2.05) is 13.0 Å². The van der Waals surface area contributed by atoms with Gasteiger partial charge >= 0.3 is 0 Å². The van der Waals surface area contributed by atoms with Gasteiger partial charge in [-0.1, -0.05) is 31.0 Å². The molecule has 1 saturated heterocycles. The molecule has 0 aromatic heterocycles. The van der Waals surface area contributed by atoms with Gasteiger partial charge in [0.1, 0.15) is 0 Å². The van der Waals surface area contributed by atoms with Gasteiger partial charge in [-0.3, -0.25) is 4.79 Å². The van der Waals surface area contributed by atoms with Gasteiger partial charge in [0.05, 0.1) is 10.8 Å². The number of rotatable bonds is 5. The van der Waals surface area contributed by atoms with Crippen molar-refractivity contribution in [2.24, 2.45) is 17.6 Å². The first-order valence-corrected chi connectivity index (χ1v) is 11.4. The molecule has 0 bridgehead atoms. The van der Waals surface area contributed by atoms with Crippen LogP contribution in [0.5, 0.6) is 0 Å². The fraction of sp³-hybridized carbons (Fsp3) is 0.650. The molecule has 1 aromatic rings. The Labute approximate surface area is 162 Å². The van der Waals surface area contributed by atoms with Gasteiger partial charge in [-0.15, -0.1) is 0 Å². The molecule has 2 aliphatic rings. The molecule has 1 saturated carbocycles. The quantitative estimate of drug-likeness (QED) is 0.801. The Morgan fingerprint density at radius 3 is 2.48 bits per heavy atom. The van der Waals surface area contributed by atoms with Crippen LogP contribution in [-0.4, -0.2) is 43.8 Å². The number of nitrogens with zero attached hydrogens (tertiary/aromatic N) is 1. The SMILES string of the molecule is CC1(N)CCCCC1C(=O)NCC1CCN(S(=O)(=O)c2ccccc2)CC1. The molecule has 1 aromatic carbocycles. The molecule has 0 spiro atoms. The number of sulfonamides is 1. The largest absolute Gasteiger partial charge is 0.356 e. The highest BCUT2D eigenvalue weighted by Gasteiger charge is 2.38. The standard InChI is InChI=1S/C20H31N3O3S/c1-20(21)12-6-5-9-18(20)19(24)22-15-16-10-13-23(14-11-16)27(25,26)17-7-3-2-4-8-17/h2-4,7-8,16,18H,5-6,9-15,21H2,1H3,(H,22,24). The number of benzene rings is 1.